The third kappa shape index (κ3) is 5.02. The molecule has 0 aliphatic carbocycles. The molecule has 3 aromatic rings. The van der Waals surface area contributed by atoms with E-state index in [1.807, 2.05) is 42.5 Å². The number of halogens is 1. The zero-order valence-electron chi connectivity index (χ0n) is 14.6. The normalized spacial score (nSPS) is 11.2. The van der Waals surface area contributed by atoms with E-state index in [2.05, 4.69) is 4.72 Å². The molecule has 27 heavy (non-hydrogen) atoms. The van der Waals surface area contributed by atoms with Gasteiger partial charge in [-0.1, -0.05) is 30.3 Å². The summed E-state index contributed by atoms with van der Waals surface area (Å²) >= 11 is 1.70. The number of methoxy groups -OCH3 is 1. The van der Waals surface area contributed by atoms with Crippen LogP contribution < -0.4 is 9.46 Å². The van der Waals surface area contributed by atoms with E-state index in [4.69, 9.17) is 4.74 Å². The van der Waals surface area contributed by atoms with Crippen molar-refractivity contribution in [1.82, 2.24) is 0 Å². The third-order valence-corrected chi connectivity index (χ3v) is 6.25. The van der Waals surface area contributed by atoms with Gasteiger partial charge in [0.05, 0.1) is 12.0 Å². The van der Waals surface area contributed by atoms with Crippen molar-refractivity contribution in [1.29, 1.82) is 0 Å². The number of rotatable bonds is 7. The molecule has 0 aliphatic rings. The lowest BCUT2D eigenvalue weighted by Gasteiger charge is -2.10. The Morgan fingerprint density at radius 2 is 1.70 bits per heavy atom. The number of benzene rings is 3. The van der Waals surface area contributed by atoms with Gasteiger partial charge in [0.15, 0.2) is 11.6 Å². The fourth-order valence-corrected chi connectivity index (χ4v) is 4.33. The third-order valence-electron chi connectivity index (χ3n) is 3.79. The van der Waals surface area contributed by atoms with Gasteiger partial charge in [-0.2, -0.15) is 0 Å². The summed E-state index contributed by atoms with van der Waals surface area (Å²) in [5.74, 6) is 0.0451. The number of nitrogens with one attached hydrogen (secondary N) is 1. The second-order valence-electron chi connectivity index (χ2n) is 5.70. The highest BCUT2D eigenvalue weighted by Crippen LogP contribution is 2.25. The van der Waals surface area contributed by atoms with Crippen molar-refractivity contribution in [3.8, 4) is 5.75 Å². The predicted molar refractivity (Wildman–Crippen MR) is 106 cm³/mol. The van der Waals surface area contributed by atoms with Crippen molar-refractivity contribution >= 4 is 27.5 Å². The number of hydrogen-bond donors (Lipinski definition) is 1. The molecule has 0 heterocycles. The molecule has 0 unspecified atom stereocenters. The minimum absolute atomic E-state index is 0.00535. The molecular formula is C20H18FNO3S2. The first kappa shape index (κ1) is 19.3. The van der Waals surface area contributed by atoms with E-state index >= 15 is 0 Å². The summed E-state index contributed by atoms with van der Waals surface area (Å²) in [6, 6.07) is 20.7. The summed E-state index contributed by atoms with van der Waals surface area (Å²) in [7, 11) is -2.56. The van der Waals surface area contributed by atoms with Gasteiger partial charge < -0.3 is 4.74 Å². The van der Waals surface area contributed by atoms with Gasteiger partial charge in [-0.3, -0.25) is 4.72 Å². The van der Waals surface area contributed by atoms with Gasteiger partial charge in [-0.05, 0) is 48.0 Å². The van der Waals surface area contributed by atoms with E-state index in [-0.39, 0.29) is 10.6 Å². The molecule has 0 saturated heterocycles. The van der Waals surface area contributed by atoms with Crippen molar-refractivity contribution < 1.29 is 17.5 Å². The maximum Gasteiger partial charge on any atom is 0.262 e. The van der Waals surface area contributed by atoms with Gasteiger partial charge in [0.1, 0.15) is 0 Å². The predicted octanol–water partition coefficient (Wildman–Crippen LogP) is 4.93. The highest BCUT2D eigenvalue weighted by molar-refractivity contribution is 7.98. The zero-order chi connectivity index (χ0) is 19.3. The summed E-state index contributed by atoms with van der Waals surface area (Å²) in [5.41, 5.74) is 1.49. The van der Waals surface area contributed by atoms with Crippen molar-refractivity contribution in [3.05, 3.63) is 84.2 Å². The molecule has 7 heteroatoms. The van der Waals surface area contributed by atoms with Crippen LogP contribution in [0.2, 0.25) is 0 Å². The maximum absolute atomic E-state index is 13.8. The van der Waals surface area contributed by atoms with Gasteiger partial charge in [0.25, 0.3) is 10.0 Å². The minimum Gasteiger partial charge on any atom is -0.494 e. The molecule has 0 aliphatic heterocycles. The average molecular weight is 404 g/mol. The fraction of sp³-hybridized carbons (Fsp3) is 0.100. The zero-order valence-corrected chi connectivity index (χ0v) is 16.2. The number of sulfonamides is 1. The van der Waals surface area contributed by atoms with Gasteiger partial charge in [0, 0.05) is 16.3 Å². The number of thioether (sulfide) groups is 1. The van der Waals surface area contributed by atoms with Crippen LogP contribution in [0.25, 0.3) is 0 Å². The van der Waals surface area contributed by atoms with E-state index in [1.165, 1.54) is 24.1 Å². The molecule has 0 atom stereocenters. The maximum atomic E-state index is 13.8. The van der Waals surface area contributed by atoms with E-state index in [0.29, 0.717) is 5.69 Å². The topological polar surface area (TPSA) is 55.4 Å². The summed E-state index contributed by atoms with van der Waals surface area (Å²) < 4.78 is 45.9. The Hall–Kier alpha value is -2.51. The molecule has 1 N–H and O–H groups in total. The molecule has 3 aromatic carbocycles. The molecule has 4 nitrogen and oxygen atoms in total. The second-order valence-corrected chi connectivity index (χ2v) is 8.43. The van der Waals surface area contributed by atoms with Crippen molar-refractivity contribution in [2.75, 3.05) is 11.8 Å². The first-order valence-electron chi connectivity index (χ1n) is 8.11. The highest BCUT2D eigenvalue weighted by atomic mass is 32.2. The Balaban J connectivity index is 1.67. The number of ether oxygens (including phenoxy) is 1. The summed E-state index contributed by atoms with van der Waals surface area (Å²) in [4.78, 5) is 1.01. The lowest BCUT2D eigenvalue weighted by molar-refractivity contribution is 0.385. The number of anilines is 1. The minimum atomic E-state index is -3.88. The summed E-state index contributed by atoms with van der Waals surface area (Å²) in [5, 5.41) is 0. The molecule has 0 saturated carbocycles. The number of hydrogen-bond acceptors (Lipinski definition) is 4. The van der Waals surface area contributed by atoms with Crippen LogP contribution in [0.4, 0.5) is 10.1 Å². The Kier molecular flexibility index (Phi) is 6.03. The van der Waals surface area contributed by atoms with Gasteiger partial charge >= 0.3 is 0 Å². The van der Waals surface area contributed by atoms with Gasteiger partial charge in [-0.15, -0.1) is 11.8 Å². The van der Waals surface area contributed by atoms with Crippen LogP contribution in [0, 0.1) is 5.82 Å². The average Bonchev–Trinajstić information content (AvgIpc) is 2.68. The molecule has 0 spiro atoms. The molecule has 140 valence electrons. The quantitative estimate of drug-likeness (QED) is 0.569. The molecule has 0 bridgehead atoms. The largest absolute Gasteiger partial charge is 0.494 e. The van der Waals surface area contributed by atoms with Crippen LogP contribution in [-0.2, 0) is 15.8 Å². The molecule has 0 aromatic heterocycles. The Labute approximate surface area is 162 Å². The SMILES string of the molecule is COc1ccc(S(=O)(=O)Nc2ccc(CSc3ccccc3)cc2)cc1F. The highest BCUT2D eigenvalue weighted by Gasteiger charge is 2.16. The standard InChI is InChI=1S/C20H18FNO3S2/c1-25-20-12-11-18(13-19(20)21)27(23,24)22-16-9-7-15(8-10-16)14-26-17-5-3-2-4-6-17/h2-13,22H,14H2,1H3. The smallest absolute Gasteiger partial charge is 0.262 e. The van der Waals surface area contributed by atoms with Crippen molar-refractivity contribution in [2.45, 2.75) is 15.5 Å². The van der Waals surface area contributed by atoms with E-state index in [1.54, 1.807) is 23.9 Å². The first-order valence-corrected chi connectivity index (χ1v) is 10.6. The Morgan fingerprint density at radius 1 is 1.00 bits per heavy atom. The molecule has 0 fully saturated rings. The molecule has 0 amide bonds. The van der Waals surface area contributed by atoms with Crippen LogP contribution in [0.5, 0.6) is 5.75 Å². The lowest BCUT2D eigenvalue weighted by atomic mass is 10.2. The van der Waals surface area contributed by atoms with E-state index < -0.39 is 15.8 Å². The summed E-state index contributed by atoms with van der Waals surface area (Å²) in [6.07, 6.45) is 0. The molecular weight excluding hydrogens is 385 g/mol. The van der Waals surface area contributed by atoms with Crippen LogP contribution >= 0.6 is 11.8 Å². The van der Waals surface area contributed by atoms with Crippen LogP contribution in [-0.4, -0.2) is 15.5 Å². The lowest BCUT2D eigenvalue weighted by Crippen LogP contribution is -2.13. The van der Waals surface area contributed by atoms with Crippen LogP contribution in [0.1, 0.15) is 5.56 Å². The fourth-order valence-electron chi connectivity index (χ4n) is 2.38. The Bertz CT molecular complexity index is 1010. The molecule has 0 radical (unpaired) electrons. The summed E-state index contributed by atoms with van der Waals surface area (Å²) in [6.45, 7) is 0. The van der Waals surface area contributed by atoms with Crippen molar-refractivity contribution in [3.63, 3.8) is 0 Å². The van der Waals surface area contributed by atoms with Crippen LogP contribution in [0.15, 0.2) is 82.6 Å². The van der Waals surface area contributed by atoms with E-state index in [9.17, 15) is 12.8 Å². The Morgan fingerprint density at radius 3 is 2.33 bits per heavy atom. The second kappa shape index (κ2) is 8.45. The monoisotopic (exact) mass is 403 g/mol. The van der Waals surface area contributed by atoms with Gasteiger partial charge in [0.2, 0.25) is 0 Å². The first-order chi connectivity index (χ1) is 13.0. The van der Waals surface area contributed by atoms with Gasteiger partial charge in [-0.25, -0.2) is 12.8 Å². The van der Waals surface area contributed by atoms with E-state index in [0.717, 1.165) is 17.4 Å². The van der Waals surface area contributed by atoms with Crippen LogP contribution in [0.3, 0.4) is 0 Å². The molecule has 3 rings (SSSR count). The van der Waals surface area contributed by atoms with Crippen molar-refractivity contribution in [2.24, 2.45) is 0 Å².